The molecule has 1 aromatic carbocycles. The van der Waals surface area contributed by atoms with E-state index in [9.17, 15) is 9.90 Å². The minimum absolute atomic E-state index is 0.144. The number of ketones is 1. The Morgan fingerprint density at radius 2 is 2.05 bits per heavy atom. The quantitative estimate of drug-likeness (QED) is 0.500. The second-order valence-corrected chi connectivity index (χ2v) is 4.27. The van der Waals surface area contributed by atoms with Crippen molar-refractivity contribution in [1.82, 2.24) is 0 Å². The minimum Gasteiger partial charge on any atom is -0.506 e. The van der Waals surface area contributed by atoms with Crippen LogP contribution in [-0.2, 0) is 0 Å². The first-order valence-corrected chi connectivity index (χ1v) is 5.90. The Morgan fingerprint density at radius 3 is 2.68 bits per heavy atom. The maximum atomic E-state index is 11.7. The van der Waals surface area contributed by atoms with Gasteiger partial charge >= 0.3 is 0 Å². The zero-order valence-corrected chi connectivity index (χ0v) is 10.8. The molecular formula is C15H15NO3. The van der Waals surface area contributed by atoms with Gasteiger partial charge in [-0.2, -0.15) is 0 Å². The van der Waals surface area contributed by atoms with Crippen LogP contribution in [0.5, 0.6) is 5.75 Å². The lowest BCUT2D eigenvalue weighted by Crippen LogP contribution is -1.94. The second-order valence-electron chi connectivity index (χ2n) is 4.27. The molecule has 0 fully saturated rings. The molecule has 4 heteroatoms. The summed E-state index contributed by atoms with van der Waals surface area (Å²) in [7, 11) is 0. The van der Waals surface area contributed by atoms with Crippen molar-refractivity contribution in [2.24, 2.45) is 0 Å². The maximum Gasteiger partial charge on any atom is 0.222 e. The summed E-state index contributed by atoms with van der Waals surface area (Å²) < 4.78 is 5.21. The van der Waals surface area contributed by atoms with E-state index in [0.29, 0.717) is 17.2 Å². The average Bonchev–Trinajstić information content (AvgIpc) is 2.78. The van der Waals surface area contributed by atoms with E-state index < -0.39 is 0 Å². The number of carbonyl (C=O) groups excluding carboxylic acids is 1. The predicted octanol–water partition coefficient (Wildman–Crippen LogP) is 3.41. The van der Waals surface area contributed by atoms with E-state index >= 15 is 0 Å². The molecule has 0 spiro atoms. The number of nitrogens with one attached hydrogen (secondary N) is 1. The summed E-state index contributed by atoms with van der Waals surface area (Å²) in [6.45, 7) is 3.67. The van der Waals surface area contributed by atoms with Crippen LogP contribution in [0.25, 0.3) is 0 Å². The second kappa shape index (κ2) is 5.44. The van der Waals surface area contributed by atoms with Crippen molar-refractivity contribution in [2.45, 2.75) is 13.8 Å². The van der Waals surface area contributed by atoms with Crippen LogP contribution in [-0.4, -0.2) is 10.9 Å². The Labute approximate surface area is 111 Å². The fraction of sp³-hybridized carbons (Fsp3) is 0.133. The van der Waals surface area contributed by atoms with Gasteiger partial charge in [0.15, 0.2) is 5.76 Å². The van der Waals surface area contributed by atoms with E-state index in [1.54, 1.807) is 31.2 Å². The molecule has 1 heterocycles. The Bertz CT molecular complexity index is 626. The van der Waals surface area contributed by atoms with Crippen molar-refractivity contribution in [3.63, 3.8) is 0 Å². The van der Waals surface area contributed by atoms with E-state index in [4.69, 9.17) is 4.42 Å². The Morgan fingerprint density at radius 1 is 1.26 bits per heavy atom. The standard InChI is InChI=1S/C15H15NO3/c1-10-3-5-12(14(18)9-10)16-8-7-13(17)15-6-4-11(2)19-15/h3-9,16,18H,1-2H3. The van der Waals surface area contributed by atoms with Crippen molar-refractivity contribution >= 4 is 11.5 Å². The van der Waals surface area contributed by atoms with Gasteiger partial charge in [-0.3, -0.25) is 4.79 Å². The third-order valence-electron chi connectivity index (χ3n) is 2.61. The number of rotatable bonds is 4. The van der Waals surface area contributed by atoms with Crippen molar-refractivity contribution < 1.29 is 14.3 Å². The highest BCUT2D eigenvalue weighted by Crippen LogP contribution is 2.23. The van der Waals surface area contributed by atoms with Gasteiger partial charge in [0.1, 0.15) is 11.5 Å². The number of aryl methyl sites for hydroxylation is 2. The van der Waals surface area contributed by atoms with Crippen molar-refractivity contribution in [3.8, 4) is 5.75 Å². The molecule has 1 aromatic heterocycles. The number of hydrogen-bond acceptors (Lipinski definition) is 4. The van der Waals surface area contributed by atoms with Crippen LogP contribution in [0.3, 0.4) is 0 Å². The van der Waals surface area contributed by atoms with Gasteiger partial charge in [-0.25, -0.2) is 0 Å². The lowest BCUT2D eigenvalue weighted by atomic mass is 10.2. The van der Waals surface area contributed by atoms with Gasteiger partial charge in [-0.1, -0.05) is 6.07 Å². The summed E-state index contributed by atoms with van der Waals surface area (Å²) in [6.07, 6.45) is 2.84. The maximum absolute atomic E-state index is 11.7. The summed E-state index contributed by atoms with van der Waals surface area (Å²) in [5, 5.41) is 12.5. The average molecular weight is 257 g/mol. The van der Waals surface area contributed by atoms with Crippen LogP contribution in [0.2, 0.25) is 0 Å². The van der Waals surface area contributed by atoms with Gasteiger partial charge in [-0.15, -0.1) is 0 Å². The lowest BCUT2D eigenvalue weighted by Gasteiger charge is -2.04. The first-order chi connectivity index (χ1) is 9.06. The van der Waals surface area contributed by atoms with E-state index in [2.05, 4.69) is 5.32 Å². The molecule has 0 saturated carbocycles. The Hall–Kier alpha value is -2.49. The Kier molecular flexibility index (Phi) is 3.71. The topological polar surface area (TPSA) is 62.5 Å². The highest BCUT2D eigenvalue weighted by atomic mass is 16.3. The molecule has 0 aliphatic heterocycles. The van der Waals surface area contributed by atoms with Gasteiger partial charge in [0, 0.05) is 12.3 Å². The van der Waals surface area contributed by atoms with Crippen molar-refractivity contribution in [2.75, 3.05) is 5.32 Å². The molecule has 0 radical (unpaired) electrons. The zero-order chi connectivity index (χ0) is 13.8. The van der Waals surface area contributed by atoms with Crippen LogP contribution in [0.1, 0.15) is 21.9 Å². The molecule has 0 aliphatic rings. The molecule has 2 aromatic rings. The molecule has 4 nitrogen and oxygen atoms in total. The minimum atomic E-state index is -0.229. The summed E-state index contributed by atoms with van der Waals surface area (Å²) in [6, 6.07) is 8.63. The number of phenolic OH excluding ortho intramolecular Hbond substituents is 1. The molecule has 0 atom stereocenters. The van der Waals surface area contributed by atoms with Gasteiger partial charge in [-0.05, 0) is 43.7 Å². The molecule has 0 unspecified atom stereocenters. The van der Waals surface area contributed by atoms with Crippen molar-refractivity contribution in [3.05, 3.63) is 59.7 Å². The third-order valence-corrected chi connectivity index (χ3v) is 2.61. The molecule has 2 N–H and O–H groups in total. The highest BCUT2D eigenvalue weighted by molar-refractivity contribution is 6.02. The van der Waals surface area contributed by atoms with Gasteiger partial charge < -0.3 is 14.8 Å². The summed E-state index contributed by atoms with van der Waals surface area (Å²) >= 11 is 0. The molecule has 2 rings (SSSR count). The smallest absolute Gasteiger partial charge is 0.222 e. The summed E-state index contributed by atoms with van der Waals surface area (Å²) in [5.74, 6) is 0.905. The highest BCUT2D eigenvalue weighted by Gasteiger charge is 2.05. The van der Waals surface area contributed by atoms with Crippen molar-refractivity contribution in [1.29, 1.82) is 0 Å². The van der Waals surface area contributed by atoms with Crippen LogP contribution in [0.15, 0.2) is 47.0 Å². The number of furan rings is 1. The Balaban J connectivity index is 2.02. The first-order valence-electron chi connectivity index (χ1n) is 5.90. The van der Waals surface area contributed by atoms with Crippen LogP contribution in [0.4, 0.5) is 5.69 Å². The fourth-order valence-corrected chi connectivity index (χ4v) is 1.62. The molecule has 0 aliphatic carbocycles. The van der Waals surface area contributed by atoms with Crippen LogP contribution in [0, 0.1) is 13.8 Å². The normalized spacial score (nSPS) is 10.8. The first kappa shape index (κ1) is 13.0. The van der Waals surface area contributed by atoms with E-state index in [0.717, 1.165) is 5.56 Å². The van der Waals surface area contributed by atoms with Gasteiger partial charge in [0.2, 0.25) is 5.78 Å². The predicted molar refractivity (Wildman–Crippen MR) is 73.4 cm³/mol. The van der Waals surface area contributed by atoms with E-state index in [1.807, 2.05) is 13.0 Å². The summed E-state index contributed by atoms with van der Waals surface area (Å²) in [4.78, 5) is 11.7. The molecular weight excluding hydrogens is 242 g/mol. The molecule has 19 heavy (non-hydrogen) atoms. The summed E-state index contributed by atoms with van der Waals surface area (Å²) in [5.41, 5.74) is 1.51. The number of hydrogen-bond donors (Lipinski definition) is 2. The number of allylic oxidation sites excluding steroid dienone is 1. The largest absolute Gasteiger partial charge is 0.506 e. The van der Waals surface area contributed by atoms with E-state index in [1.165, 1.54) is 12.3 Å². The molecule has 0 amide bonds. The van der Waals surface area contributed by atoms with Gasteiger partial charge in [0.25, 0.3) is 0 Å². The third kappa shape index (κ3) is 3.25. The molecule has 98 valence electrons. The van der Waals surface area contributed by atoms with E-state index in [-0.39, 0.29) is 11.5 Å². The number of phenols is 1. The molecule has 0 bridgehead atoms. The van der Waals surface area contributed by atoms with Crippen LogP contribution < -0.4 is 5.32 Å². The number of carbonyl (C=O) groups is 1. The number of anilines is 1. The lowest BCUT2D eigenvalue weighted by molar-refractivity contribution is 0.102. The zero-order valence-electron chi connectivity index (χ0n) is 10.8. The fourth-order valence-electron chi connectivity index (χ4n) is 1.62. The SMILES string of the molecule is Cc1ccc(NC=CC(=O)c2ccc(C)o2)c(O)c1. The monoisotopic (exact) mass is 257 g/mol. The number of aromatic hydroxyl groups is 1. The van der Waals surface area contributed by atoms with Gasteiger partial charge in [0.05, 0.1) is 5.69 Å². The molecule has 0 saturated heterocycles. The van der Waals surface area contributed by atoms with Crippen LogP contribution >= 0.6 is 0 Å². The number of benzene rings is 1.